The number of benzene rings is 2. The Kier molecular flexibility index (Phi) is 7.61. The monoisotopic (exact) mass is 498 g/mol. The molecule has 4 nitrogen and oxygen atoms in total. The third-order valence-corrected chi connectivity index (χ3v) is 5.29. The molecule has 0 unspecified atom stereocenters. The number of rotatable bonds is 5. The first-order valence-corrected chi connectivity index (χ1v) is 10.1. The highest BCUT2D eigenvalue weighted by Crippen LogP contribution is 2.32. The van der Waals surface area contributed by atoms with Crippen molar-refractivity contribution in [2.45, 2.75) is 26.2 Å². The van der Waals surface area contributed by atoms with E-state index in [1.165, 1.54) is 7.11 Å². The Bertz CT molecular complexity index is 827. The zero-order valence-corrected chi connectivity index (χ0v) is 18.7. The molecule has 0 saturated heterocycles. The van der Waals surface area contributed by atoms with Gasteiger partial charge in [0.05, 0.1) is 17.1 Å². The van der Waals surface area contributed by atoms with E-state index in [-0.39, 0.29) is 11.0 Å². The van der Waals surface area contributed by atoms with Crippen LogP contribution in [0.3, 0.4) is 0 Å². The summed E-state index contributed by atoms with van der Waals surface area (Å²) in [5, 5.41) is 6.09. The van der Waals surface area contributed by atoms with E-state index in [9.17, 15) is 4.79 Å². The fourth-order valence-electron chi connectivity index (χ4n) is 2.52. The molecule has 138 valence electrons. The summed E-state index contributed by atoms with van der Waals surface area (Å²) in [5.74, 6) is 0.495. The molecule has 2 rings (SSSR count). The van der Waals surface area contributed by atoms with Crippen LogP contribution in [0, 0.1) is 0 Å². The maximum atomic E-state index is 12.6. The highest BCUT2D eigenvalue weighted by molar-refractivity contribution is 9.11. The molecule has 2 N–H and O–H groups in total. The van der Waals surface area contributed by atoms with Crippen LogP contribution in [0.15, 0.2) is 45.3 Å². The molecule has 0 aliphatic rings. The number of methoxy groups -OCH3 is 1. The average molecular weight is 500 g/mol. The van der Waals surface area contributed by atoms with Gasteiger partial charge in [-0.15, -0.1) is 0 Å². The van der Waals surface area contributed by atoms with Gasteiger partial charge < -0.3 is 10.1 Å². The van der Waals surface area contributed by atoms with Crippen LogP contribution in [0.5, 0.6) is 5.75 Å². The molecule has 0 aliphatic carbocycles. The van der Waals surface area contributed by atoms with Crippen molar-refractivity contribution >= 4 is 60.8 Å². The van der Waals surface area contributed by atoms with Crippen LogP contribution in [0.2, 0.25) is 0 Å². The molecule has 0 aliphatic heterocycles. The van der Waals surface area contributed by atoms with Gasteiger partial charge in [0.15, 0.2) is 5.11 Å². The van der Waals surface area contributed by atoms with Crippen molar-refractivity contribution in [2.75, 3.05) is 12.4 Å². The second-order valence-corrected chi connectivity index (χ2v) is 7.95. The minimum absolute atomic E-state index is 0.240. The molecule has 2 aromatic rings. The van der Waals surface area contributed by atoms with Gasteiger partial charge >= 0.3 is 0 Å². The first-order valence-electron chi connectivity index (χ1n) is 8.11. The Morgan fingerprint density at radius 2 is 1.96 bits per heavy atom. The molecule has 1 atom stereocenters. The van der Waals surface area contributed by atoms with Crippen molar-refractivity contribution < 1.29 is 9.53 Å². The van der Waals surface area contributed by atoms with Gasteiger partial charge in [-0.25, -0.2) is 0 Å². The van der Waals surface area contributed by atoms with Crippen LogP contribution in [0.25, 0.3) is 0 Å². The van der Waals surface area contributed by atoms with Gasteiger partial charge in [0.25, 0.3) is 5.91 Å². The van der Waals surface area contributed by atoms with Crippen LogP contribution >= 0.6 is 44.1 Å². The number of anilines is 1. The van der Waals surface area contributed by atoms with Crippen molar-refractivity contribution in [2.24, 2.45) is 0 Å². The Labute approximate surface area is 176 Å². The molecule has 1 amide bonds. The molecule has 0 fully saturated rings. The summed E-state index contributed by atoms with van der Waals surface area (Å²) in [6.07, 6.45) is 1.01. The Balaban J connectivity index is 2.18. The lowest BCUT2D eigenvalue weighted by molar-refractivity contribution is 0.0974. The standard InChI is InChI=1S/C19H20Br2N2O2S/c1-4-11(2)13-7-5-6-8-16(13)22-19(26)23-18(24)14-9-12(20)10-15(21)17(14)25-3/h5-11H,4H2,1-3H3,(H2,22,23,24,26)/t11-/m1/s1. The van der Waals surface area contributed by atoms with E-state index >= 15 is 0 Å². The van der Waals surface area contributed by atoms with Crippen LogP contribution in [-0.2, 0) is 0 Å². The summed E-state index contributed by atoms with van der Waals surface area (Å²) in [6, 6.07) is 11.5. The number of para-hydroxylation sites is 1. The normalized spacial score (nSPS) is 11.6. The van der Waals surface area contributed by atoms with Gasteiger partial charge in [0.2, 0.25) is 0 Å². The van der Waals surface area contributed by atoms with Gasteiger partial charge in [-0.1, -0.05) is 48.0 Å². The lowest BCUT2D eigenvalue weighted by Gasteiger charge is -2.17. The number of carbonyl (C=O) groups is 1. The Hall–Kier alpha value is -1.44. The molecule has 0 bridgehead atoms. The van der Waals surface area contributed by atoms with Crippen molar-refractivity contribution in [1.29, 1.82) is 0 Å². The SMILES string of the molecule is CC[C@@H](C)c1ccccc1NC(=S)NC(=O)c1cc(Br)cc(Br)c1OC. The maximum Gasteiger partial charge on any atom is 0.261 e. The van der Waals surface area contributed by atoms with E-state index in [4.69, 9.17) is 17.0 Å². The summed E-state index contributed by atoms with van der Waals surface area (Å²) in [4.78, 5) is 12.6. The predicted octanol–water partition coefficient (Wildman–Crippen LogP) is 5.86. The number of hydrogen-bond acceptors (Lipinski definition) is 3. The zero-order chi connectivity index (χ0) is 19.3. The molecule has 7 heteroatoms. The summed E-state index contributed by atoms with van der Waals surface area (Å²) in [7, 11) is 1.52. The highest BCUT2D eigenvalue weighted by atomic mass is 79.9. The predicted molar refractivity (Wildman–Crippen MR) is 117 cm³/mol. The molecule has 26 heavy (non-hydrogen) atoms. The minimum atomic E-state index is -0.345. The number of hydrogen-bond donors (Lipinski definition) is 2. The van der Waals surface area contributed by atoms with E-state index in [1.807, 2.05) is 24.3 Å². The first-order chi connectivity index (χ1) is 12.4. The van der Waals surface area contributed by atoms with E-state index in [0.29, 0.717) is 21.7 Å². The van der Waals surface area contributed by atoms with Gasteiger partial charge in [0, 0.05) is 10.2 Å². The third-order valence-electron chi connectivity index (χ3n) is 4.04. The number of halogens is 2. The van der Waals surface area contributed by atoms with Crippen molar-refractivity contribution in [3.63, 3.8) is 0 Å². The average Bonchev–Trinajstić information content (AvgIpc) is 2.60. The highest BCUT2D eigenvalue weighted by Gasteiger charge is 2.18. The zero-order valence-electron chi connectivity index (χ0n) is 14.7. The maximum absolute atomic E-state index is 12.6. The van der Waals surface area contributed by atoms with Crippen LogP contribution < -0.4 is 15.4 Å². The molecule has 2 aromatic carbocycles. The summed E-state index contributed by atoms with van der Waals surface area (Å²) in [5.41, 5.74) is 2.44. The molecule has 0 radical (unpaired) electrons. The number of amides is 1. The minimum Gasteiger partial charge on any atom is -0.495 e. The summed E-state index contributed by atoms with van der Waals surface area (Å²) in [6.45, 7) is 4.30. The van der Waals surface area contributed by atoms with Gasteiger partial charge in [-0.2, -0.15) is 0 Å². The van der Waals surface area contributed by atoms with Crippen LogP contribution in [0.4, 0.5) is 5.69 Å². The quantitative estimate of drug-likeness (QED) is 0.506. The first kappa shape index (κ1) is 20.9. The second-order valence-electron chi connectivity index (χ2n) is 5.77. The number of carbonyl (C=O) groups excluding carboxylic acids is 1. The van der Waals surface area contributed by atoms with Gasteiger partial charge in [-0.3, -0.25) is 10.1 Å². The fraction of sp³-hybridized carbons (Fsp3) is 0.263. The van der Waals surface area contributed by atoms with Gasteiger partial charge in [0.1, 0.15) is 5.75 Å². The lowest BCUT2D eigenvalue weighted by atomic mass is 9.97. The van der Waals surface area contributed by atoms with Crippen molar-refractivity contribution in [3.8, 4) is 5.75 Å². The molecular formula is C19H20Br2N2O2S. The van der Waals surface area contributed by atoms with E-state index in [0.717, 1.165) is 22.1 Å². The number of nitrogens with one attached hydrogen (secondary N) is 2. The largest absolute Gasteiger partial charge is 0.495 e. The topological polar surface area (TPSA) is 50.4 Å². The Morgan fingerprint density at radius 3 is 2.62 bits per heavy atom. The summed E-state index contributed by atoms with van der Waals surface area (Å²) < 4.78 is 6.77. The lowest BCUT2D eigenvalue weighted by Crippen LogP contribution is -2.34. The van der Waals surface area contributed by atoms with E-state index in [1.54, 1.807) is 6.07 Å². The fourth-order valence-corrected chi connectivity index (χ4v) is 4.11. The van der Waals surface area contributed by atoms with E-state index in [2.05, 4.69) is 62.4 Å². The van der Waals surface area contributed by atoms with Gasteiger partial charge in [-0.05, 0) is 64.2 Å². The molecular weight excluding hydrogens is 480 g/mol. The number of thiocarbonyl (C=S) groups is 1. The van der Waals surface area contributed by atoms with Crippen LogP contribution in [0.1, 0.15) is 42.1 Å². The third kappa shape index (κ3) is 5.05. The van der Waals surface area contributed by atoms with Crippen LogP contribution in [-0.4, -0.2) is 18.1 Å². The van der Waals surface area contributed by atoms with E-state index < -0.39 is 0 Å². The van der Waals surface area contributed by atoms with Crippen molar-refractivity contribution in [3.05, 3.63) is 56.5 Å². The number of ether oxygens (including phenoxy) is 1. The Morgan fingerprint density at radius 1 is 1.27 bits per heavy atom. The van der Waals surface area contributed by atoms with Crippen molar-refractivity contribution in [1.82, 2.24) is 5.32 Å². The molecule has 0 heterocycles. The summed E-state index contributed by atoms with van der Waals surface area (Å²) >= 11 is 12.1. The smallest absolute Gasteiger partial charge is 0.261 e. The second kappa shape index (κ2) is 9.48. The molecule has 0 spiro atoms. The molecule has 0 aromatic heterocycles. The molecule has 0 saturated carbocycles.